The highest BCUT2D eigenvalue weighted by Crippen LogP contribution is 2.36. The highest BCUT2D eigenvalue weighted by Gasteiger charge is 2.21. The molecule has 1 unspecified atom stereocenters. The standard InChI is InChI=1S/C22H30N4O4/c1-24-22(23)20(19(29)14-25-10-2-3-11-27)26-13-15-6-4-7-16(12-15)17-8-5-9-18(28)21(17)30/h4-9,12,20,25-28,30H,2-3,10-11,13-14H2,1H3,(H2,23,24). The molecule has 8 heteroatoms. The van der Waals surface area contributed by atoms with E-state index in [1.54, 1.807) is 12.1 Å². The van der Waals surface area contributed by atoms with E-state index in [1.165, 1.54) is 13.1 Å². The summed E-state index contributed by atoms with van der Waals surface area (Å²) < 4.78 is 0. The van der Waals surface area contributed by atoms with Gasteiger partial charge in [-0.2, -0.15) is 0 Å². The Morgan fingerprint density at radius 2 is 1.93 bits per heavy atom. The number of benzene rings is 2. The second-order valence-corrected chi connectivity index (χ2v) is 6.91. The number of ketones is 1. The van der Waals surface area contributed by atoms with Crippen LogP contribution in [0.5, 0.6) is 11.5 Å². The van der Waals surface area contributed by atoms with Gasteiger partial charge in [0.1, 0.15) is 11.9 Å². The number of amidine groups is 1. The van der Waals surface area contributed by atoms with Crippen molar-refractivity contribution in [2.24, 2.45) is 10.7 Å². The maximum absolute atomic E-state index is 12.6. The van der Waals surface area contributed by atoms with Gasteiger partial charge in [-0.05, 0) is 42.6 Å². The zero-order valence-corrected chi connectivity index (χ0v) is 17.1. The predicted molar refractivity (Wildman–Crippen MR) is 118 cm³/mol. The molecule has 0 radical (unpaired) electrons. The number of phenolic OH excluding ortho intramolecular Hbond substituents is 2. The Balaban J connectivity index is 2.05. The smallest absolute Gasteiger partial charge is 0.171 e. The third-order valence-electron chi connectivity index (χ3n) is 4.70. The minimum atomic E-state index is -0.724. The minimum absolute atomic E-state index is 0.121. The zero-order chi connectivity index (χ0) is 21.9. The van der Waals surface area contributed by atoms with Crippen molar-refractivity contribution in [2.75, 3.05) is 26.7 Å². The maximum atomic E-state index is 12.6. The van der Waals surface area contributed by atoms with Crippen molar-refractivity contribution in [3.8, 4) is 22.6 Å². The largest absolute Gasteiger partial charge is 0.504 e. The fraction of sp³-hybridized carbons (Fsp3) is 0.364. The Bertz CT molecular complexity index is 870. The Labute approximate surface area is 176 Å². The Hall–Kier alpha value is -2.94. The molecule has 0 aromatic heterocycles. The first kappa shape index (κ1) is 23.3. The number of aliphatic hydroxyl groups excluding tert-OH is 1. The summed E-state index contributed by atoms with van der Waals surface area (Å²) in [6, 6.07) is 11.5. The first-order valence-electron chi connectivity index (χ1n) is 9.88. The third-order valence-corrected chi connectivity index (χ3v) is 4.70. The molecule has 1 atom stereocenters. The summed E-state index contributed by atoms with van der Waals surface area (Å²) in [7, 11) is 1.54. The molecule has 0 spiro atoms. The van der Waals surface area contributed by atoms with Gasteiger partial charge in [-0.25, -0.2) is 0 Å². The Morgan fingerprint density at radius 1 is 1.17 bits per heavy atom. The molecule has 0 amide bonds. The number of hydrogen-bond donors (Lipinski definition) is 6. The summed E-state index contributed by atoms with van der Waals surface area (Å²) in [5.41, 5.74) is 8.08. The van der Waals surface area contributed by atoms with Crippen LogP contribution >= 0.6 is 0 Å². The van der Waals surface area contributed by atoms with Gasteiger partial charge < -0.3 is 26.4 Å². The molecule has 7 N–H and O–H groups in total. The predicted octanol–water partition coefficient (Wildman–Crippen LogP) is 1.14. The third kappa shape index (κ3) is 6.55. The van der Waals surface area contributed by atoms with Crippen molar-refractivity contribution in [2.45, 2.75) is 25.4 Å². The van der Waals surface area contributed by atoms with Crippen molar-refractivity contribution in [1.82, 2.24) is 10.6 Å². The van der Waals surface area contributed by atoms with Gasteiger partial charge in [-0.15, -0.1) is 0 Å². The number of Topliss-reactive ketones (excluding diaryl/α,β-unsaturated/α-hetero) is 1. The summed E-state index contributed by atoms with van der Waals surface area (Å²) in [5.74, 6) is -0.270. The lowest BCUT2D eigenvalue weighted by molar-refractivity contribution is -0.118. The molecule has 2 aromatic carbocycles. The van der Waals surface area contributed by atoms with Gasteiger partial charge >= 0.3 is 0 Å². The Morgan fingerprint density at radius 3 is 2.67 bits per heavy atom. The summed E-state index contributed by atoms with van der Waals surface area (Å²) in [6.45, 7) is 1.29. The summed E-state index contributed by atoms with van der Waals surface area (Å²) in [5, 5.41) is 34.8. The molecule has 8 nitrogen and oxygen atoms in total. The molecule has 0 aliphatic rings. The molecule has 0 saturated carbocycles. The van der Waals surface area contributed by atoms with Crippen LogP contribution in [0.1, 0.15) is 18.4 Å². The van der Waals surface area contributed by atoms with Crippen LogP contribution in [0.2, 0.25) is 0 Å². The number of unbranched alkanes of at least 4 members (excludes halogenated alkanes) is 1. The fourth-order valence-electron chi connectivity index (χ4n) is 3.02. The first-order chi connectivity index (χ1) is 14.5. The van der Waals surface area contributed by atoms with Crippen LogP contribution in [0.25, 0.3) is 11.1 Å². The van der Waals surface area contributed by atoms with Crippen molar-refractivity contribution in [3.63, 3.8) is 0 Å². The molecule has 2 rings (SSSR count). The number of aromatic hydroxyl groups is 2. The number of nitrogens with one attached hydrogen (secondary N) is 2. The Kier molecular flexibility index (Phi) is 9.27. The van der Waals surface area contributed by atoms with Crippen LogP contribution in [0.4, 0.5) is 0 Å². The van der Waals surface area contributed by atoms with Gasteiger partial charge in [-0.1, -0.05) is 30.3 Å². The average molecular weight is 415 g/mol. The monoisotopic (exact) mass is 414 g/mol. The van der Waals surface area contributed by atoms with Gasteiger partial charge in [0.25, 0.3) is 0 Å². The normalized spacial score (nSPS) is 12.7. The molecular formula is C22H30N4O4. The van der Waals surface area contributed by atoms with Gasteiger partial charge in [0.2, 0.25) is 0 Å². The molecule has 2 aromatic rings. The van der Waals surface area contributed by atoms with E-state index in [0.29, 0.717) is 25.1 Å². The number of phenols is 2. The van der Waals surface area contributed by atoms with Crippen LogP contribution in [-0.4, -0.2) is 59.7 Å². The van der Waals surface area contributed by atoms with Crippen molar-refractivity contribution >= 4 is 11.6 Å². The number of aliphatic hydroxyl groups is 1. The van der Waals surface area contributed by atoms with Gasteiger partial charge in [0.15, 0.2) is 17.3 Å². The van der Waals surface area contributed by atoms with Crippen molar-refractivity contribution in [1.29, 1.82) is 0 Å². The van der Waals surface area contributed by atoms with E-state index in [9.17, 15) is 15.0 Å². The molecule has 0 saturated heterocycles. The van der Waals surface area contributed by atoms with Gasteiger partial charge in [0, 0.05) is 25.8 Å². The molecule has 0 aliphatic carbocycles. The molecule has 0 aliphatic heterocycles. The number of hydrogen-bond acceptors (Lipinski definition) is 7. The number of nitrogens with zero attached hydrogens (tertiary/aromatic N) is 1. The van der Waals surface area contributed by atoms with Crippen LogP contribution in [0.15, 0.2) is 47.5 Å². The lowest BCUT2D eigenvalue weighted by atomic mass is 10.0. The van der Waals surface area contributed by atoms with E-state index in [-0.39, 0.29) is 36.3 Å². The highest BCUT2D eigenvalue weighted by molar-refractivity contribution is 6.08. The van der Waals surface area contributed by atoms with Crippen LogP contribution < -0.4 is 16.4 Å². The molecule has 0 bridgehead atoms. The molecule has 0 fully saturated rings. The summed E-state index contributed by atoms with van der Waals surface area (Å²) in [4.78, 5) is 16.5. The number of rotatable bonds is 12. The number of carbonyl (C=O) groups excluding carboxylic acids is 1. The van der Waals surface area contributed by atoms with Crippen molar-refractivity contribution in [3.05, 3.63) is 48.0 Å². The number of para-hydroxylation sites is 1. The van der Waals surface area contributed by atoms with Gasteiger partial charge in [0.05, 0.1) is 6.54 Å². The summed E-state index contributed by atoms with van der Waals surface area (Å²) in [6.07, 6.45) is 1.47. The lowest BCUT2D eigenvalue weighted by Crippen LogP contribution is -2.50. The number of aliphatic imine (C=N–C) groups is 1. The lowest BCUT2D eigenvalue weighted by Gasteiger charge is -2.18. The van der Waals surface area contributed by atoms with E-state index >= 15 is 0 Å². The zero-order valence-electron chi connectivity index (χ0n) is 17.1. The second kappa shape index (κ2) is 11.9. The van der Waals surface area contributed by atoms with E-state index in [4.69, 9.17) is 10.8 Å². The van der Waals surface area contributed by atoms with E-state index < -0.39 is 6.04 Å². The quantitative estimate of drug-likeness (QED) is 0.132. The van der Waals surface area contributed by atoms with E-state index in [2.05, 4.69) is 15.6 Å². The number of carbonyl (C=O) groups is 1. The fourth-order valence-corrected chi connectivity index (χ4v) is 3.02. The highest BCUT2D eigenvalue weighted by atomic mass is 16.3. The van der Waals surface area contributed by atoms with Gasteiger partial charge in [-0.3, -0.25) is 15.1 Å². The average Bonchev–Trinajstić information content (AvgIpc) is 2.75. The molecular weight excluding hydrogens is 384 g/mol. The minimum Gasteiger partial charge on any atom is -0.504 e. The second-order valence-electron chi connectivity index (χ2n) is 6.91. The topological polar surface area (TPSA) is 140 Å². The van der Waals surface area contributed by atoms with Crippen molar-refractivity contribution < 1.29 is 20.1 Å². The summed E-state index contributed by atoms with van der Waals surface area (Å²) >= 11 is 0. The molecule has 30 heavy (non-hydrogen) atoms. The van der Waals surface area contributed by atoms with Crippen LogP contribution in [0, 0.1) is 0 Å². The molecule has 0 heterocycles. The van der Waals surface area contributed by atoms with Crippen LogP contribution in [0.3, 0.4) is 0 Å². The number of nitrogens with two attached hydrogens (primary N) is 1. The maximum Gasteiger partial charge on any atom is 0.171 e. The first-order valence-corrected chi connectivity index (χ1v) is 9.88. The van der Waals surface area contributed by atoms with Crippen LogP contribution in [-0.2, 0) is 11.3 Å². The molecule has 162 valence electrons. The SMILES string of the molecule is CN=C(N)C(NCc1cccc(-c2cccc(O)c2O)c1)C(=O)CNCCCCO. The van der Waals surface area contributed by atoms with E-state index in [1.807, 2.05) is 24.3 Å². The van der Waals surface area contributed by atoms with E-state index in [0.717, 1.165) is 17.5 Å².